The van der Waals surface area contributed by atoms with Crippen molar-refractivity contribution in [1.29, 1.82) is 0 Å². The lowest BCUT2D eigenvalue weighted by atomic mass is 10.1. The molecule has 2 amide bonds. The van der Waals surface area contributed by atoms with E-state index in [0.29, 0.717) is 22.7 Å². The van der Waals surface area contributed by atoms with Crippen LogP contribution < -0.4 is 4.90 Å². The Balaban J connectivity index is 1.90. The van der Waals surface area contributed by atoms with Crippen LogP contribution >= 0.6 is 11.8 Å². The molecule has 138 valence electrons. The molecule has 2 aliphatic heterocycles. The van der Waals surface area contributed by atoms with Crippen molar-refractivity contribution in [3.05, 3.63) is 38.8 Å². The zero-order valence-electron chi connectivity index (χ0n) is 14.7. The van der Waals surface area contributed by atoms with Gasteiger partial charge < -0.3 is 9.80 Å². The van der Waals surface area contributed by atoms with E-state index in [1.807, 2.05) is 11.9 Å². The molecule has 0 radical (unpaired) electrons. The average molecular weight is 376 g/mol. The van der Waals surface area contributed by atoms with E-state index in [1.54, 1.807) is 25.1 Å². The second kappa shape index (κ2) is 7.46. The van der Waals surface area contributed by atoms with Crippen molar-refractivity contribution in [2.45, 2.75) is 6.92 Å². The summed E-state index contributed by atoms with van der Waals surface area (Å²) < 4.78 is 0. The van der Waals surface area contributed by atoms with E-state index < -0.39 is 4.92 Å². The highest BCUT2D eigenvalue weighted by molar-refractivity contribution is 8.18. The Labute approximate surface area is 155 Å². The van der Waals surface area contributed by atoms with Gasteiger partial charge in [0, 0.05) is 38.8 Å². The van der Waals surface area contributed by atoms with Crippen LogP contribution in [-0.4, -0.2) is 65.6 Å². The Hall–Kier alpha value is -2.39. The number of imide groups is 1. The Morgan fingerprint density at radius 1 is 1.23 bits per heavy atom. The van der Waals surface area contributed by atoms with Crippen molar-refractivity contribution in [2.24, 2.45) is 0 Å². The average Bonchev–Trinajstić information content (AvgIpc) is 2.88. The van der Waals surface area contributed by atoms with E-state index in [-0.39, 0.29) is 16.8 Å². The Morgan fingerprint density at radius 3 is 2.50 bits per heavy atom. The monoisotopic (exact) mass is 376 g/mol. The number of hydrogen-bond donors (Lipinski definition) is 0. The molecule has 2 fully saturated rings. The molecule has 1 aromatic rings. The predicted octanol–water partition coefficient (Wildman–Crippen LogP) is 2.40. The van der Waals surface area contributed by atoms with Gasteiger partial charge >= 0.3 is 0 Å². The third-order valence-electron chi connectivity index (χ3n) is 4.53. The summed E-state index contributed by atoms with van der Waals surface area (Å²) in [5.74, 6) is -0.353. The molecule has 2 saturated heterocycles. The van der Waals surface area contributed by atoms with Gasteiger partial charge in [0.05, 0.1) is 9.83 Å². The molecule has 8 nitrogen and oxygen atoms in total. The van der Waals surface area contributed by atoms with E-state index in [9.17, 15) is 19.7 Å². The summed E-state index contributed by atoms with van der Waals surface area (Å²) in [6, 6.07) is 4.94. The highest BCUT2D eigenvalue weighted by atomic mass is 32.2. The van der Waals surface area contributed by atoms with Gasteiger partial charge in [0.2, 0.25) is 0 Å². The summed E-state index contributed by atoms with van der Waals surface area (Å²) in [6.07, 6.45) is 1.54. The predicted molar refractivity (Wildman–Crippen MR) is 101 cm³/mol. The molecule has 0 aliphatic carbocycles. The Kier molecular flexibility index (Phi) is 5.28. The quantitative estimate of drug-likeness (QED) is 0.453. The first-order valence-electron chi connectivity index (χ1n) is 8.38. The minimum Gasteiger partial charge on any atom is -0.363 e. The molecule has 9 heteroatoms. The minimum atomic E-state index is -0.400. The molecule has 26 heavy (non-hydrogen) atoms. The number of piperazine rings is 1. The number of carbonyl (C=O) groups excluding carboxylic acids is 2. The number of nitrogens with zero attached hydrogens (tertiary/aromatic N) is 4. The van der Waals surface area contributed by atoms with E-state index in [4.69, 9.17) is 0 Å². The van der Waals surface area contributed by atoms with Gasteiger partial charge in [0.1, 0.15) is 5.69 Å². The third-order valence-corrected chi connectivity index (χ3v) is 5.44. The molecule has 0 N–H and O–H groups in total. The first kappa shape index (κ1) is 18.4. The second-order valence-electron chi connectivity index (χ2n) is 6.22. The summed E-state index contributed by atoms with van der Waals surface area (Å²) in [5, 5.41) is 11.2. The fourth-order valence-corrected chi connectivity index (χ4v) is 3.92. The van der Waals surface area contributed by atoms with E-state index in [0.717, 1.165) is 42.8 Å². The number of likely N-dealkylation sites (N-methyl/N-ethyl adjacent to an activating group) is 2. The van der Waals surface area contributed by atoms with Crippen LogP contribution in [0.4, 0.5) is 16.2 Å². The Morgan fingerprint density at radius 2 is 1.92 bits per heavy atom. The third kappa shape index (κ3) is 3.58. The highest BCUT2D eigenvalue weighted by Gasteiger charge is 2.33. The van der Waals surface area contributed by atoms with Gasteiger partial charge in [-0.05, 0) is 43.4 Å². The maximum atomic E-state index is 12.2. The zero-order valence-corrected chi connectivity index (χ0v) is 15.5. The fourth-order valence-electron chi connectivity index (χ4n) is 3.02. The van der Waals surface area contributed by atoms with Crippen LogP contribution in [0.2, 0.25) is 0 Å². The second-order valence-corrected chi connectivity index (χ2v) is 7.21. The van der Waals surface area contributed by atoms with Crippen LogP contribution in [0.1, 0.15) is 12.5 Å². The fraction of sp³-hybridized carbons (Fsp3) is 0.412. The summed E-state index contributed by atoms with van der Waals surface area (Å²) in [5.41, 5.74) is 1.14. The smallest absolute Gasteiger partial charge is 0.293 e. The van der Waals surface area contributed by atoms with Gasteiger partial charge in [-0.1, -0.05) is 6.07 Å². The number of anilines is 1. The van der Waals surface area contributed by atoms with Gasteiger partial charge in [-0.2, -0.15) is 0 Å². The molecule has 0 bridgehead atoms. The number of thioether (sulfide) groups is 1. The van der Waals surface area contributed by atoms with E-state index in [2.05, 4.69) is 4.90 Å². The van der Waals surface area contributed by atoms with Crippen LogP contribution in [0.15, 0.2) is 23.1 Å². The summed E-state index contributed by atoms with van der Waals surface area (Å²) in [6.45, 7) is 5.20. The van der Waals surface area contributed by atoms with Crippen LogP contribution in [0.5, 0.6) is 0 Å². The van der Waals surface area contributed by atoms with Crippen molar-refractivity contribution >= 4 is 40.4 Å². The van der Waals surface area contributed by atoms with Crippen LogP contribution in [-0.2, 0) is 4.79 Å². The molecule has 2 aliphatic rings. The molecule has 0 spiro atoms. The minimum absolute atomic E-state index is 0.0121. The molecular weight excluding hydrogens is 356 g/mol. The number of hydrogen-bond acceptors (Lipinski definition) is 7. The van der Waals surface area contributed by atoms with Crippen molar-refractivity contribution in [2.75, 3.05) is 44.7 Å². The Bertz CT molecular complexity index is 787. The van der Waals surface area contributed by atoms with Crippen LogP contribution in [0.25, 0.3) is 6.08 Å². The molecular formula is C17H20N4O4S. The van der Waals surface area contributed by atoms with Crippen molar-refractivity contribution in [3.63, 3.8) is 0 Å². The number of benzene rings is 1. The normalized spacial score (nSPS) is 20.3. The first-order valence-corrected chi connectivity index (χ1v) is 9.19. The maximum absolute atomic E-state index is 12.2. The number of carbonyl (C=O) groups is 2. The molecule has 3 rings (SSSR count). The molecule has 0 aromatic heterocycles. The van der Waals surface area contributed by atoms with E-state index in [1.165, 1.54) is 6.07 Å². The number of nitro groups is 1. The van der Waals surface area contributed by atoms with Crippen LogP contribution in [0.3, 0.4) is 0 Å². The van der Waals surface area contributed by atoms with Crippen molar-refractivity contribution in [1.82, 2.24) is 9.80 Å². The molecule has 1 aromatic carbocycles. The molecule has 0 atom stereocenters. The van der Waals surface area contributed by atoms with Crippen LogP contribution in [0, 0.1) is 10.1 Å². The number of rotatable bonds is 4. The number of amides is 2. The lowest BCUT2D eigenvalue weighted by Crippen LogP contribution is -2.44. The van der Waals surface area contributed by atoms with Gasteiger partial charge in [-0.3, -0.25) is 24.6 Å². The van der Waals surface area contributed by atoms with Gasteiger partial charge in [-0.25, -0.2) is 0 Å². The van der Waals surface area contributed by atoms with E-state index >= 15 is 0 Å². The van der Waals surface area contributed by atoms with Gasteiger partial charge in [0.15, 0.2) is 0 Å². The largest absolute Gasteiger partial charge is 0.363 e. The lowest BCUT2D eigenvalue weighted by Gasteiger charge is -2.33. The number of nitro benzene ring substituents is 1. The lowest BCUT2D eigenvalue weighted by molar-refractivity contribution is -0.384. The standard InChI is InChI=1S/C17H20N4O4S/c1-3-20-16(22)15(26-17(20)23)11-12-4-5-13(14(10-12)21(24)25)19-8-6-18(2)7-9-19/h4-5,10-11H,3,6-9H2,1-2H3. The maximum Gasteiger partial charge on any atom is 0.293 e. The highest BCUT2D eigenvalue weighted by Crippen LogP contribution is 2.34. The van der Waals surface area contributed by atoms with Crippen molar-refractivity contribution < 1.29 is 14.5 Å². The van der Waals surface area contributed by atoms with Gasteiger partial charge in [-0.15, -0.1) is 0 Å². The SMILES string of the molecule is CCN1C(=O)SC(=Cc2ccc(N3CCN(C)CC3)c([N+](=O)[O-])c2)C1=O. The topological polar surface area (TPSA) is 87.0 Å². The van der Waals surface area contributed by atoms with Gasteiger partial charge in [0.25, 0.3) is 16.8 Å². The summed E-state index contributed by atoms with van der Waals surface area (Å²) in [4.78, 5) is 40.8. The summed E-state index contributed by atoms with van der Waals surface area (Å²) >= 11 is 0.861. The summed E-state index contributed by atoms with van der Waals surface area (Å²) in [7, 11) is 2.03. The zero-order chi connectivity index (χ0) is 18.8. The molecule has 0 saturated carbocycles. The first-order chi connectivity index (χ1) is 12.4. The molecule has 0 unspecified atom stereocenters. The van der Waals surface area contributed by atoms with Crippen molar-refractivity contribution in [3.8, 4) is 0 Å². The molecule has 2 heterocycles.